The fourth-order valence-electron chi connectivity index (χ4n) is 1.39. The van der Waals surface area contributed by atoms with Crippen LogP contribution in [0.25, 0.3) is 5.57 Å². The SMILES string of the molecule is CCC=C(CC)c1ccc(O)cc1. The highest BCUT2D eigenvalue weighted by molar-refractivity contribution is 5.65. The maximum absolute atomic E-state index is 9.12. The van der Waals surface area contributed by atoms with Gasteiger partial charge in [-0.25, -0.2) is 0 Å². The summed E-state index contributed by atoms with van der Waals surface area (Å²) in [6.45, 7) is 4.28. The molecule has 1 N–H and O–H groups in total. The molecule has 0 fully saturated rings. The Morgan fingerprint density at radius 3 is 2.31 bits per heavy atom. The van der Waals surface area contributed by atoms with Crippen LogP contribution in [0.4, 0.5) is 0 Å². The minimum absolute atomic E-state index is 0.329. The first kappa shape index (κ1) is 9.85. The van der Waals surface area contributed by atoms with Gasteiger partial charge in [0.25, 0.3) is 0 Å². The summed E-state index contributed by atoms with van der Waals surface area (Å²) in [5, 5.41) is 9.12. The van der Waals surface area contributed by atoms with E-state index in [1.165, 1.54) is 11.1 Å². The standard InChI is InChI=1S/C12H16O/c1-3-5-10(4-2)11-6-8-12(13)9-7-11/h5-9,13H,3-4H2,1-2H3. The number of benzene rings is 1. The molecule has 0 aliphatic carbocycles. The molecule has 0 aliphatic rings. The van der Waals surface area contributed by atoms with Crippen LogP contribution < -0.4 is 0 Å². The van der Waals surface area contributed by atoms with Crippen LogP contribution in [-0.2, 0) is 0 Å². The summed E-state index contributed by atoms with van der Waals surface area (Å²) in [7, 11) is 0. The number of aromatic hydroxyl groups is 1. The first-order valence-electron chi connectivity index (χ1n) is 4.76. The number of allylic oxidation sites excluding steroid dienone is 2. The largest absolute Gasteiger partial charge is 0.508 e. The van der Waals surface area contributed by atoms with E-state index in [9.17, 15) is 0 Å². The van der Waals surface area contributed by atoms with Crippen molar-refractivity contribution in [3.63, 3.8) is 0 Å². The summed E-state index contributed by atoms with van der Waals surface area (Å²) in [6, 6.07) is 7.38. The monoisotopic (exact) mass is 176 g/mol. The van der Waals surface area contributed by atoms with Gasteiger partial charge < -0.3 is 5.11 Å². The van der Waals surface area contributed by atoms with Crippen molar-refractivity contribution in [2.75, 3.05) is 0 Å². The average Bonchev–Trinajstić information content (AvgIpc) is 2.16. The molecular formula is C12H16O. The Morgan fingerprint density at radius 1 is 1.23 bits per heavy atom. The zero-order chi connectivity index (χ0) is 9.68. The van der Waals surface area contributed by atoms with Crippen molar-refractivity contribution < 1.29 is 5.11 Å². The quantitative estimate of drug-likeness (QED) is 0.746. The van der Waals surface area contributed by atoms with Crippen molar-refractivity contribution in [3.8, 4) is 5.75 Å². The smallest absolute Gasteiger partial charge is 0.115 e. The van der Waals surface area contributed by atoms with Gasteiger partial charge in [-0.05, 0) is 36.1 Å². The molecule has 0 heterocycles. The fourth-order valence-corrected chi connectivity index (χ4v) is 1.39. The molecule has 0 atom stereocenters. The number of phenolic OH excluding ortho intramolecular Hbond substituents is 1. The second-order valence-electron chi connectivity index (χ2n) is 3.04. The van der Waals surface area contributed by atoms with Crippen LogP contribution in [0, 0.1) is 0 Å². The van der Waals surface area contributed by atoms with Crippen LogP contribution in [0.1, 0.15) is 32.3 Å². The predicted molar refractivity (Wildman–Crippen MR) is 56.7 cm³/mol. The molecule has 0 radical (unpaired) electrons. The fraction of sp³-hybridized carbons (Fsp3) is 0.333. The van der Waals surface area contributed by atoms with Crippen molar-refractivity contribution in [2.24, 2.45) is 0 Å². The van der Waals surface area contributed by atoms with E-state index in [0.717, 1.165) is 12.8 Å². The van der Waals surface area contributed by atoms with Gasteiger partial charge in [0.2, 0.25) is 0 Å². The Balaban J connectivity index is 2.92. The van der Waals surface area contributed by atoms with Gasteiger partial charge in [0, 0.05) is 0 Å². The van der Waals surface area contributed by atoms with Gasteiger partial charge in [0.15, 0.2) is 0 Å². The van der Waals surface area contributed by atoms with Crippen LogP contribution in [-0.4, -0.2) is 5.11 Å². The molecule has 1 aromatic carbocycles. The van der Waals surface area contributed by atoms with Crippen molar-refractivity contribution in [1.29, 1.82) is 0 Å². The molecule has 0 bridgehead atoms. The lowest BCUT2D eigenvalue weighted by atomic mass is 10.0. The highest BCUT2D eigenvalue weighted by Gasteiger charge is 1.97. The molecule has 0 saturated heterocycles. The normalized spacial score (nSPS) is 11.7. The third-order valence-electron chi connectivity index (χ3n) is 2.07. The molecule has 1 nitrogen and oxygen atoms in total. The highest BCUT2D eigenvalue weighted by atomic mass is 16.3. The molecule has 0 saturated carbocycles. The van der Waals surface area contributed by atoms with E-state index in [2.05, 4.69) is 19.9 Å². The lowest BCUT2D eigenvalue weighted by Gasteiger charge is -2.04. The van der Waals surface area contributed by atoms with Gasteiger partial charge in [-0.15, -0.1) is 0 Å². The zero-order valence-electron chi connectivity index (χ0n) is 8.25. The minimum Gasteiger partial charge on any atom is -0.508 e. The second kappa shape index (κ2) is 4.70. The van der Waals surface area contributed by atoms with Crippen LogP contribution in [0.15, 0.2) is 30.3 Å². The van der Waals surface area contributed by atoms with E-state index < -0.39 is 0 Å². The molecular weight excluding hydrogens is 160 g/mol. The van der Waals surface area contributed by atoms with Gasteiger partial charge in [-0.1, -0.05) is 32.1 Å². The molecule has 13 heavy (non-hydrogen) atoms. The van der Waals surface area contributed by atoms with E-state index in [-0.39, 0.29) is 0 Å². The predicted octanol–water partition coefficient (Wildman–Crippen LogP) is 3.60. The maximum Gasteiger partial charge on any atom is 0.115 e. The highest BCUT2D eigenvalue weighted by Crippen LogP contribution is 2.20. The lowest BCUT2D eigenvalue weighted by molar-refractivity contribution is 0.475. The molecule has 0 aliphatic heterocycles. The Morgan fingerprint density at radius 2 is 1.85 bits per heavy atom. The van der Waals surface area contributed by atoms with E-state index >= 15 is 0 Å². The van der Waals surface area contributed by atoms with Crippen molar-refractivity contribution in [1.82, 2.24) is 0 Å². The molecule has 1 aromatic rings. The maximum atomic E-state index is 9.12. The van der Waals surface area contributed by atoms with Crippen LogP contribution in [0.3, 0.4) is 0 Å². The molecule has 1 rings (SSSR count). The number of phenols is 1. The van der Waals surface area contributed by atoms with Gasteiger partial charge in [0.1, 0.15) is 5.75 Å². The summed E-state index contributed by atoms with van der Waals surface area (Å²) >= 11 is 0. The summed E-state index contributed by atoms with van der Waals surface area (Å²) in [6.07, 6.45) is 4.33. The molecule has 0 amide bonds. The summed E-state index contributed by atoms with van der Waals surface area (Å²) < 4.78 is 0. The first-order chi connectivity index (χ1) is 6.27. The van der Waals surface area contributed by atoms with Crippen molar-refractivity contribution >= 4 is 5.57 Å². The van der Waals surface area contributed by atoms with Crippen LogP contribution >= 0.6 is 0 Å². The van der Waals surface area contributed by atoms with Gasteiger partial charge >= 0.3 is 0 Å². The Labute approximate surface area is 79.7 Å². The minimum atomic E-state index is 0.329. The molecule has 1 heteroatoms. The summed E-state index contributed by atoms with van der Waals surface area (Å²) in [4.78, 5) is 0. The van der Waals surface area contributed by atoms with Crippen LogP contribution in [0.5, 0.6) is 5.75 Å². The van der Waals surface area contributed by atoms with Gasteiger partial charge in [-0.2, -0.15) is 0 Å². The third kappa shape index (κ3) is 2.62. The van der Waals surface area contributed by atoms with Crippen molar-refractivity contribution in [3.05, 3.63) is 35.9 Å². The lowest BCUT2D eigenvalue weighted by Crippen LogP contribution is -1.81. The van der Waals surface area contributed by atoms with Crippen molar-refractivity contribution in [2.45, 2.75) is 26.7 Å². The van der Waals surface area contributed by atoms with Gasteiger partial charge in [0.05, 0.1) is 0 Å². The number of hydrogen-bond donors (Lipinski definition) is 1. The molecule has 0 spiro atoms. The Bertz CT molecular complexity index is 282. The summed E-state index contributed by atoms with van der Waals surface area (Å²) in [5.41, 5.74) is 2.56. The van der Waals surface area contributed by atoms with Crippen LogP contribution in [0.2, 0.25) is 0 Å². The number of rotatable bonds is 3. The van der Waals surface area contributed by atoms with E-state index in [1.54, 1.807) is 12.1 Å². The third-order valence-corrected chi connectivity index (χ3v) is 2.07. The Hall–Kier alpha value is -1.24. The topological polar surface area (TPSA) is 20.2 Å². The second-order valence-corrected chi connectivity index (χ2v) is 3.04. The number of hydrogen-bond acceptors (Lipinski definition) is 1. The van der Waals surface area contributed by atoms with E-state index in [4.69, 9.17) is 5.11 Å². The Kier molecular flexibility index (Phi) is 3.56. The molecule has 0 unspecified atom stereocenters. The van der Waals surface area contributed by atoms with E-state index in [1.807, 2.05) is 12.1 Å². The summed E-state index contributed by atoms with van der Waals surface area (Å²) in [5.74, 6) is 0.329. The van der Waals surface area contributed by atoms with Gasteiger partial charge in [-0.3, -0.25) is 0 Å². The molecule has 70 valence electrons. The average molecular weight is 176 g/mol. The zero-order valence-corrected chi connectivity index (χ0v) is 8.25. The van der Waals surface area contributed by atoms with E-state index in [0.29, 0.717) is 5.75 Å². The molecule has 0 aromatic heterocycles. The first-order valence-corrected chi connectivity index (χ1v) is 4.76.